The number of benzene rings is 1. The van der Waals surface area contributed by atoms with Gasteiger partial charge in [0.05, 0.1) is 24.9 Å². The predicted octanol–water partition coefficient (Wildman–Crippen LogP) is 3.18. The lowest BCUT2D eigenvalue weighted by molar-refractivity contribution is 0.355. The van der Waals surface area contributed by atoms with Gasteiger partial charge in [0, 0.05) is 18.2 Å². The summed E-state index contributed by atoms with van der Waals surface area (Å²) >= 11 is 6.08. The maximum atomic E-state index is 6.08. The highest BCUT2D eigenvalue weighted by molar-refractivity contribution is 6.33. The summed E-state index contributed by atoms with van der Waals surface area (Å²) in [5.41, 5.74) is 0.851. The van der Waals surface area contributed by atoms with Gasteiger partial charge in [0.25, 0.3) is 0 Å². The van der Waals surface area contributed by atoms with Crippen molar-refractivity contribution in [1.29, 1.82) is 0 Å². The van der Waals surface area contributed by atoms with Crippen molar-refractivity contribution in [3.63, 3.8) is 0 Å². The van der Waals surface area contributed by atoms with Gasteiger partial charge in [-0.15, -0.1) is 0 Å². The van der Waals surface area contributed by atoms with Crippen molar-refractivity contribution in [3.8, 4) is 11.5 Å². The predicted molar refractivity (Wildman–Crippen MR) is 63.3 cm³/mol. The van der Waals surface area contributed by atoms with Crippen LogP contribution in [0.3, 0.4) is 0 Å². The van der Waals surface area contributed by atoms with Crippen LogP contribution >= 0.6 is 11.6 Å². The van der Waals surface area contributed by atoms with Crippen molar-refractivity contribution in [2.75, 3.05) is 19.5 Å². The third kappa shape index (κ3) is 2.93. The number of hydrogen-bond acceptors (Lipinski definition) is 3. The van der Waals surface area contributed by atoms with Gasteiger partial charge in [-0.3, -0.25) is 0 Å². The Morgan fingerprint density at radius 2 is 1.67 bits per heavy atom. The highest BCUT2D eigenvalue weighted by Crippen LogP contribution is 2.36. The van der Waals surface area contributed by atoms with E-state index < -0.39 is 0 Å². The molecule has 0 radical (unpaired) electrons. The molecule has 0 bridgehead atoms. The molecule has 0 aliphatic heterocycles. The number of anilines is 1. The molecule has 1 aromatic rings. The molecule has 84 valence electrons. The molecule has 0 amide bonds. The molecule has 1 aromatic carbocycles. The lowest BCUT2D eigenvalue weighted by Gasteiger charge is -2.15. The molecule has 1 N–H and O–H groups in total. The van der Waals surface area contributed by atoms with Gasteiger partial charge in [-0.2, -0.15) is 0 Å². The first-order valence-electron chi connectivity index (χ1n) is 4.76. The van der Waals surface area contributed by atoms with E-state index in [9.17, 15) is 0 Å². The summed E-state index contributed by atoms with van der Waals surface area (Å²) in [4.78, 5) is 0. The van der Waals surface area contributed by atoms with Crippen molar-refractivity contribution in [1.82, 2.24) is 0 Å². The molecule has 0 saturated heterocycles. The minimum atomic E-state index is 0.320. The third-order valence-electron chi connectivity index (χ3n) is 1.92. The lowest BCUT2D eigenvalue weighted by Crippen LogP contribution is -2.10. The van der Waals surface area contributed by atoms with E-state index in [2.05, 4.69) is 5.32 Å². The number of methoxy groups -OCH3 is 2. The second kappa shape index (κ2) is 5.12. The van der Waals surface area contributed by atoms with Crippen LogP contribution in [0.25, 0.3) is 0 Å². The molecule has 3 nitrogen and oxygen atoms in total. The fourth-order valence-electron chi connectivity index (χ4n) is 1.28. The summed E-state index contributed by atoms with van der Waals surface area (Å²) < 4.78 is 10.3. The van der Waals surface area contributed by atoms with Gasteiger partial charge in [-0.05, 0) is 13.8 Å². The van der Waals surface area contributed by atoms with E-state index in [0.717, 1.165) is 5.69 Å². The molecule has 0 aliphatic carbocycles. The Kier molecular flexibility index (Phi) is 4.09. The van der Waals surface area contributed by atoms with Gasteiger partial charge in [0.1, 0.15) is 0 Å². The van der Waals surface area contributed by atoms with Crippen LogP contribution in [0.5, 0.6) is 11.5 Å². The summed E-state index contributed by atoms with van der Waals surface area (Å²) in [5, 5.41) is 3.86. The summed E-state index contributed by atoms with van der Waals surface area (Å²) in [6, 6.07) is 3.90. The number of rotatable bonds is 4. The van der Waals surface area contributed by atoms with Crippen LogP contribution in [0, 0.1) is 0 Å². The fourth-order valence-corrected chi connectivity index (χ4v) is 1.48. The zero-order chi connectivity index (χ0) is 11.4. The van der Waals surface area contributed by atoms with Crippen LogP contribution < -0.4 is 14.8 Å². The molecule has 0 unspecified atom stereocenters. The van der Waals surface area contributed by atoms with E-state index in [4.69, 9.17) is 21.1 Å². The molecule has 4 heteroatoms. The second-order valence-electron chi connectivity index (χ2n) is 3.49. The molecule has 0 saturated carbocycles. The zero-order valence-electron chi connectivity index (χ0n) is 9.43. The molecule has 15 heavy (non-hydrogen) atoms. The van der Waals surface area contributed by atoms with E-state index >= 15 is 0 Å². The first-order chi connectivity index (χ1) is 7.08. The zero-order valence-corrected chi connectivity index (χ0v) is 10.2. The van der Waals surface area contributed by atoms with Gasteiger partial charge < -0.3 is 14.8 Å². The first-order valence-corrected chi connectivity index (χ1v) is 5.14. The molecule has 0 aromatic heterocycles. The van der Waals surface area contributed by atoms with Crippen molar-refractivity contribution < 1.29 is 9.47 Å². The lowest BCUT2D eigenvalue weighted by atomic mass is 10.2. The van der Waals surface area contributed by atoms with Gasteiger partial charge >= 0.3 is 0 Å². The Morgan fingerprint density at radius 3 is 2.13 bits per heavy atom. The fraction of sp³-hybridized carbons (Fsp3) is 0.455. The highest BCUT2D eigenvalue weighted by Gasteiger charge is 2.09. The van der Waals surface area contributed by atoms with Crippen molar-refractivity contribution in [2.24, 2.45) is 0 Å². The first kappa shape index (κ1) is 12.0. The summed E-state index contributed by atoms with van der Waals surface area (Å²) in [6.45, 7) is 4.10. The molecular weight excluding hydrogens is 214 g/mol. The van der Waals surface area contributed by atoms with Crippen LogP contribution in [-0.2, 0) is 0 Å². The van der Waals surface area contributed by atoms with Crippen LogP contribution in [0.4, 0.5) is 5.69 Å². The number of hydrogen-bond donors (Lipinski definition) is 1. The molecule has 0 aliphatic rings. The summed E-state index contributed by atoms with van der Waals surface area (Å²) in [7, 11) is 3.19. The minimum Gasteiger partial charge on any atom is -0.493 e. The minimum absolute atomic E-state index is 0.320. The largest absolute Gasteiger partial charge is 0.493 e. The molecule has 1 rings (SSSR count). The maximum absolute atomic E-state index is 6.08. The standard InChI is InChI=1S/C11H16ClNO2/c1-7(2)13-9-6-11(15-4)10(14-3)5-8(9)12/h5-7,13H,1-4H3. The van der Waals surface area contributed by atoms with E-state index in [1.807, 2.05) is 19.9 Å². The van der Waals surface area contributed by atoms with Gasteiger partial charge in [-0.25, -0.2) is 0 Å². The van der Waals surface area contributed by atoms with Crippen LogP contribution in [0.2, 0.25) is 5.02 Å². The monoisotopic (exact) mass is 229 g/mol. The molecule has 0 spiro atoms. The number of halogens is 1. The van der Waals surface area contributed by atoms with Gasteiger partial charge in [-0.1, -0.05) is 11.6 Å². The van der Waals surface area contributed by atoms with E-state index in [-0.39, 0.29) is 0 Å². The number of ether oxygens (including phenoxy) is 2. The van der Waals surface area contributed by atoms with Crippen molar-refractivity contribution in [2.45, 2.75) is 19.9 Å². The van der Waals surface area contributed by atoms with Gasteiger partial charge in [0.2, 0.25) is 0 Å². The molecule has 0 heterocycles. The quantitative estimate of drug-likeness (QED) is 0.860. The Morgan fingerprint density at radius 1 is 1.13 bits per heavy atom. The van der Waals surface area contributed by atoms with Crippen LogP contribution in [0.1, 0.15) is 13.8 Å². The highest BCUT2D eigenvalue weighted by atomic mass is 35.5. The summed E-state index contributed by atoms with van der Waals surface area (Å²) in [5.74, 6) is 1.31. The number of nitrogens with one attached hydrogen (secondary N) is 1. The second-order valence-corrected chi connectivity index (χ2v) is 3.89. The Balaban J connectivity index is 3.08. The average molecular weight is 230 g/mol. The smallest absolute Gasteiger partial charge is 0.162 e. The van der Waals surface area contributed by atoms with Crippen LogP contribution in [0.15, 0.2) is 12.1 Å². The molecular formula is C11H16ClNO2. The van der Waals surface area contributed by atoms with E-state index in [1.165, 1.54) is 0 Å². The van der Waals surface area contributed by atoms with E-state index in [1.54, 1.807) is 20.3 Å². The SMILES string of the molecule is COc1cc(Cl)c(NC(C)C)cc1OC. The Bertz CT molecular complexity index is 340. The Hall–Kier alpha value is -1.09. The summed E-state index contributed by atoms with van der Waals surface area (Å²) in [6.07, 6.45) is 0. The maximum Gasteiger partial charge on any atom is 0.162 e. The van der Waals surface area contributed by atoms with Crippen LogP contribution in [-0.4, -0.2) is 20.3 Å². The Labute approximate surface area is 95.3 Å². The molecule has 0 atom stereocenters. The van der Waals surface area contributed by atoms with Crippen molar-refractivity contribution >= 4 is 17.3 Å². The van der Waals surface area contributed by atoms with Crippen molar-refractivity contribution in [3.05, 3.63) is 17.2 Å². The average Bonchev–Trinajstić information content (AvgIpc) is 2.19. The van der Waals surface area contributed by atoms with Gasteiger partial charge in [0.15, 0.2) is 11.5 Å². The topological polar surface area (TPSA) is 30.5 Å². The molecule has 0 fully saturated rings. The normalized spacial score (nSPS) is 10.3. The third-order valence-corrected chi connectivity index (χ3v) is 2.23. The van der Waals surface area contributed by atoms with E-state index in [0.29, 0.717) is 22.6 Å².